The molecule has 0 aromatic carbocycles. The Morgan fingerprint density at radius 1 is 1.08 bits per heavy atom. The van der Waals surface area contributed by atoms with Crippen molar-refractivity contribution < 1.29 is 4.79 Å². The van der Waals surface area contributed by atoms with Gasteiger partial charge in [-0.15, -0.1) is 0 Å². The predicted molar refractivity (Wildman–Crippen MR) is 95.4 cm³/mol. The number of anilines is 1. The van der Waals surface area contributed by atoms with Crippen molar-refractivity contribution in [2.24, 2.45) is 0 Å². The molecule has 128 valence electrons. The first kappa shape index (κ1) is 15.6. The number of imidazole rings is 1. The summed E-state index contributed by atoms with van der Waals surface area (Å²) in [5, 5.41) is 4.56. The molecule has 4 rings (SSSR count). The second kappa shape index (κ2) is 6.16. The number of carbonyl (C=O) groups excluding carboxylic acids is 1. The third-order valence-electron chi connectivity index (χ3n) is 4.59. The van der Waals surface area contributed by atoms with Crippen LogP contribution >= 0.6 is 0 Å². The van der Waals surface area contributed by atoms with Gasteiger partial charge in [0.1, 0.15) is 5.82 Å². The van der Waals surface area contributed by atoms with Crippen molar-refractivity contribution in [1.29, 1.82) is 0 Å². The summed E-state index contributed by atoms with van der Waals surface area (Å²) < 4.78 is 1.86. The van der Waals surface area contributed by atoms with Gasteiger partial charge < -0.3 is 9.80 Å². The Balaban J connectivity index is 1.63. The van der Waals surface area contributed by atoms with Crippen LogP contribution in [0.2, 0.25) is 0 Å². The molecule has 0 N–H and O–H groups in total. The van der Waals surface area contributed by atoms with Crippen molar-refractivity contribution in [1.82, 2.24) is 24.5 Å². The van der Waals surface area contributed by atoms with Crippen molar-refractivity contribution in [3.8, 4) is 11.3 Å². The number of hydrogen-bond donors (Lipinski definition) is 0. The Kier molecular flexibility index (Phi) is 3.83. The van der Waals surface area contributed by atoms with Crippen LogP contribution in [0.15, 0.2) is 36.7 Å². The van der Waals surface area contributed by atoms with E-state index in [2.05, 4.69) is 26.0 Å². The maximum atomic E-state index is 11.5. The molecule has 7 nitrogen and oxygen atoms in total. The second-order valence-electron chi connectivity index (χ2n) is 6.28. The SMILES string of the molecule is CC(=O)N1CCN(c2cc(-c3cnc4ccc(C)nn34)ccn2)CC1. The van der Waals surface area contributed by atoms with Crippen LogP contribution in [-0.4, -0.2) is 56.6 Å². The van der Waals surface area contributed by atoms with Gasteiger partial charge in [0.25, 0.3) is 0 Å². The lowest BCUT2D eigenvalue weighted by Gasteiger charge is -2.35. The summed E-state index contributed by atoms with van der Waals surface area (Å²) in [6.45, 7) is 6.64. The molecule has 3 aromatic rings. The molecule has 1 aliphatic heterocycles. The van der Waals surface area contributed by atoms with Crippen LogP contribution in [0.1, 0.15) is 12.6 Å². The number of piperazine rings is 1. The van der Waals surface area contributed by atoms with Gasteiger partial charge >= 0.3 is 0 Å². The van der Waals surface area contributed by atoms with Gasteiger partial charge in [0.2, 0.25) is 5.91 Å². The van der Waals surface area contributed by atoms with E-state index in [-0.39, 0.29) is 5.91 Å². The maximum absolute atomic E-state index is 11.5. The van der Waals surface area contributed by atoms with Crippen LogP contribution in [0.4, 0.5) is 5.82 Å². The monoisotopic (exact) mass is 336 g/mol. The lowest BCUT2D eigenvalue weighted by molar-refractivity contribution is -0.129. The Hall–Kier alpha value is -2.96. The van der Waals surface area contributed by atoms with Crippen molar-refractivity contribution in [2.75, 3.05) is 31.1 Å². The fourth-order valence-electron chi connectivity index (χ4n) is 3.16. The molecule has 0 atom stereocenters. The highest BCUT2D eigenvalue weighted by atomic mass is 16.2. The number of fused-ring (bicyclic) bond motifs is 1. The first-order valence-corrected chi connectivity index (χ1v) is 8.40. The van der Waals surface area contributed by atoms with Crippen LogP contribution < -0.4 is 4.90 Å². The van der Waals surface area contributed by atoms with Gasteiger partial charge in [0.15, 0.2) is 5.65 Å². The van der Waals surface area contributed by atoms with E-state index in [1.54, 1.807) is 6.92 Å². The Morgan fingerprint density at radius 2 is 1.88 bits per heavy atom. The number of pyridine rings is 1. The highest BCUT2D eigenvalue weighted by molar-refractivity contribution is 5.73. The number of amides is 1. The highest BCUT2D eigenvalue weighted by Crippen LogP contribution is 2.24. The zero-order chi connectivity index (χ0) is 17.4. The smallest absolute Gasteiger partial charge is 0.219 e. The predicted octanol–water partition coefficient (Wildman–Crippen LogP) is 1.77. The molecule has 0 aliphatic carbocycles. The largest absolute Gasteiger partial charge is 0.353 e. The average Bonchev–Trinajstić information content (AvgIpc) is 3.05. The molecule has 0 bridgehead atoms. The Bertz CT molecular complexity index is 926. The Labute approximate surface area is 145 Å². The van der Waals surface area contributed by atoms with Crippen LogP contribution in [0.5, 0.6) is 0 Å². The van der Waals surface area contributed by atoms with Crippen LogP contribution in [0.3, 0.4) is 0 Å². The number of nitrogens with zero attached hydrogens (tertiary/aromatic N) is 6. The first-order chi connectivity index (χ1) is 12.1. The highest BCUT2D eigenvalue weighted by Gasteiger charge is 2.20. The van der Waals surface area contributed by atoms with Crippen LogP contribution in [0, 0.1) is 6.92 Å². The summed E-state index contributed by atoms with van der Waals surface area (Å²) in [7, 11) is 0. The summed E-state index contributed by atoms with van der Waals surface area (Å²) in [5.41, 5.74) is 3.75. The van der Waals surface area contributed by atoms with Crippen molar-refractivity contribution in [3.63, 3.8) is 0 Å². The zero-order valence-electron chi connectivity index (χ0n) is 14.4. The molecule has 0 radical (unpaired) electrons. The maximum Gasteiger partial charge on any atom is 0.219 e. The fourth-order valence-corrected chi connectivity index (χ4v) is 3.16. The molecule has 25 heavy (non-hydrogen) atoms. The topological polar surface area (TPSA) is 66.6 Å². The third-order valence-corrected chi connectivity index (χ3v) is 4.59. The van der Waals surface area contributed by atoms with Gasteiger partial charge in [-0.25, -0.2) is 14.5 Å². The summed E-state index contributed by atoms with van der Waals surface area (Å²) in [5.74, 6) is 1.05. The molecule has 1 fully saturated rings. The molecular formula is C18H20N6O. The summed E-state index contributed by atoms with van der Waals surface area (Å²) >= 11 is 0. The fraction of sp³-hybridized carbons (Fsp3) is 0.333. The molecule has 4 heterocycles. The van der Waals surface area contributed by atoms with E-state index in [9.17, 15) is 4.79 Å². The second-order valence-corrected chi connectivity index (χ2v) is 6.28. The summed E-state index contributed by atoms with van der Waals surface area (Å²) in [6, 6.07) is 7.97. The quantitative estimate of drug-likeness (QED) is 0.713. The minimum Gasteiger partial charge on any atom is -0.353 e. The molecule has 0 unspecified atom stereocenters. The van der Waals surface area contributed by atoms with Gasteiger partial charge in [-0.05, 0) is 31.2 Å². The van der Waals surface area contributed by atoms with E-state index in [1.165, 1.54) is 0 Å². The lowest BCUT2D eigenvalue weighted by atomic mass is 10.2. The molecule has 0 saturated carbocycles. The molecule has 1 aliphatic rings. The van der Waals surface area contributed by atoms with Crippen molar-refractivity contribution in [3.05, 3.63) is 42.4 Å². The van der Waals surface area contributed by atoms with Crippen molar-refractivity contribution >= 4 is 17.4 Å². The lowest BCUT2D eigenvalue weighted by Crippen LogP contribution is -2.48. The van der Waals surface area contributed by atoms with Crippen LogP contribution in [-0.2, 0) is 4.79 Å². The number of aromatic nitrogens is 4. The average molecular weight is 336 g/mol. The number of rotatable bonds is 2. The molecule has 1 amide bonds. The van der Waals surface area contributed by atoms with E-state index in [0.717, 1.165) is 54.6 Å². The first-order valence-electron chi connectivity index (χ1n) is 8.40. The standard InChI is InChI=1S/C18H20N6O/c1-13-3-4-17-20-12-16(24(17)21-13)15-5-6-19-18(11-15)23-9-7-22(8-10-23)14(2)25/h3-6,11-12H,7-10H2,1-2H3. The van der Waals surface area contributed by atoms with Crippen LogP contribution in [0.25, 0.3) is 16.9 Å². The van der Waals surface area contributed by atoms with Gasteiger partial charge in [0.05, 0.1) is 17.6 Å². The minimum absolute atomic E-state index is 0.133. The van der Waals surface area contributed by atoms with E-state index in [4.69, 9.17) is 0 Å². The van der Waals surface area contributed by atoms with Gasteiger partial charge in [-0.3, -0.25) is 4.79 Å². The normalized spacial score (nSPS) is 15.0. The van der Waals surface area contributed by atoms with Gasteiger partial charge in [-0.1, -0.05) is 0 Å². The number of hydrogen-bond acceptors (Lipinski definition) is 5. The molecule has 1 saturated heterocycles. The Morgan fingerprint density at radius 3 is 2.64 bits per heavy atom. The number of carbonyl (C=O) groups is 1. The summed E-state index contributed by atoms with van der Waals surface area (Å²) in [4.78, 5) is 24.5. The molecule has 7 heteroatoms. The van der Waals surface area contributed by atoms with Crippen molar-refractivity contribution in [2.45, 2.75) is 13.8 Å². The molecule has 0 spiro atoms. The minimum atomic E-state index is 0.133. The van der Waals surface area contributed by atoms with Gasteiger partial charge in [-0.2, -0.15) is 5.10 Å². The number of aryl methyl sites for hydroxylation is 1. The van der Waals surface area contributed by atoms with E-state index < -0.39 is 0 Å². The third kappa shape index (κ3) is 2.93. The van der Waals surface area contributed by atoms with E-state index in [1.807, 2.05) is 46.9 Å². The zero-order valence-corrected chi connectivity index (χ0v) is 14.4. The molecular weight excluding hydrogens is 316 g/mol. The van der Waals surface area contributed by atoms with E-state index >= 15 is 0 Å². The van der Waals surface area contributed by atoms with Gasteiger partial charge in [0, 0.05) is 44.9 Å². The molecule has 3 aromatic heterocycles. The summed E-state index contributed by atoms with van der Waals surface area (Å²) in [6.07, 6.45) is 3.66. The van der Waals surface area contributed by atoms with E-state index in [0.29, 0.717) is 0 Å².